The van der Waals surface area contributed by atoms with Crippen LogP contribution >= 0.6 is 9.24 Å². The highest BCUT2D eigenvalue weighted by molar-refractivity contribution is 7.22. The Morgan fingerprint density at radius 1 is 1.15 bits per heavy atom. The van der Waals surface area contributed by atoms with Crippen LogP contribution < -0.4 is 0 Å². The highest BCUT2D eigenvalue weighted by Crippen LogP contribution is 2.41. The first-order valence-electron chi connectivity index (χ1n) is 7.18. The normalized spacial score (nSPS) is 29.7. The van der Waals surface area contributed by atoms with Crippen LogP contribution in [-0.2, 0) is 16.1 Å². The fourth-order valence-corrected chi connectivity index (χ4v) is 3.56. The molecule has 0 aromatic heterocycles. The van der Waals surface area contributed by atoms with Crippen LogP contribution in [0.3, 0.4) is 0 Å². The lowest BCUT2D eigenvalue weighted by molar-refractivity contribution is -0.150. The van der Waals surface area contributed by atoms with Gasteiger partial charge < -0.3 is 4.74 Å². The molecule has 0 saturated carbocycles. The number of benzene rings is 1. The van der Waals surface area contributed by atoms with Crippen LogP contribution in [0, 0.1) is 23.7 Å². The predicted molar refractivity (Wildman–Crippen MR) is 85.0 cm³/mol. The molecule has 5 unspecified atom stereocenters. The predicted octanol–water partition coefficient (Wildman–Crippen LogP) is 4.03. The molecule has 0 N–H and O–H groups in total. The largest absolute Gasteiger partial charge is 0.460 e. The summed E-state index contributed by atoms with van der Waals surface area (Å²) in [6.07, 6.45) is 2.18. The summed E-state index contributed by atoms with van der Waals surface area (Å²) in [5.41, 5.74) is 1.03. The Bertz CT molecular complexity index is 495. The van der Waals surface area contributed by atoms with Crippen molar-refractivity contribution in [3.8, 4) is 0 Å². The molecule has 0 bridgehead atoms. The van der Waals surface area contributed by atoms with Crippen molar-refractivity contribution in [2.45, 2.75) is 27.4 Å². The molecule has 0 spiro atoms. The summed E-state index contributed by atoms with van der Waals surface area (Å²) in [6, 6.07) is 9.81. The van der Waals surface area contributed by atoms with E-state index in [1.165, 1.54) is 0 Å². The number of carbonyl (C=O) groups is 1. The molecule has 0 fully saturated rings. The van der Waals surface area contributed by atoms with Crippen LogP contribution in [0.4, 0.5) is 0 Å². The zero-order chi connectivity index (χ0) is 14.7. The van der Waals surface area contributed by atoms with Crippen LogP contribution in [0.5, 0.6) is 0 Å². The van der Waals surface area contributed by atoms with Gasteiger partial charge in [-0.2, -0.15) is 0 Å². The van der Waals surface area contributed by atoms with E-state index in [0.717, 1.165) is 10.9 Å². The summed E-state index contributed by atoms with van der Waals surface area (Å²) in [7, 11) is 2.72. The molecular weight excluding hydrogens is 267 g/mol. The molecule has 0 saturated heterocycles. The molecule has 2 rings (SSSR count). The average Bonchev–Trinajstić information content (AvgIpc) is 2.44. The van der Waals surface area contributed by atoms with E-state index in [2.05, 4.69) is 36.1 Å². The van der Waals surface area contributed by atoms with E-state index in [1.807, 2.05) is 30.3 Å². The fourth-order valence-electron chi connectivity index (χ4n) is 2.81. The van der Waals surface area contributed by atoms with Gasteiger partial charge >= 0.3 is 5.97 Å². The molecule has 1 aliphatic rings. The number of esters is 1. The Morgan fingerprint density at radius 3 is 2.45 bits per heavy atom. The Hall–Kier alpha value is -1.14. The van der Waals surface area contributed by atoms with Crippen molar-refractivity contribution in [1.29, 1.82) is 0 Å². The first-order valence-corrected chi connectivity index (χ1v) is 7.76. The summed E-state index contributed by atoms with van der Waals surface area (Å²) in [6.45, 7) is 6.91. The first kappa shape index (κ1) is 15.3. The van der Waals surface area contributed by atoms with Gasteiger partial charge in [0.15, 0.2) is 0 Å². The number of rotatable bonds is 3. The quantitative estimate of drug-likeness (QED) is 0.620. The lowest BCUT2D eigenvalue weighted by Gasteiger charge is -2.35. The lowest BCUT2D eigenvalue weighted by Crippen LogP contribution is -2.34. The summed E-state index contributed by atoms with van der Waals surface area (Å²) in [5, 5.41) is 1.07. The smallest absolute Gasteiger partial charge is 0.314 e. The van der Waals surface area contributed by atoms with E-state index in [0.29, 0.717) is 24.4 Å². The topological polar surface area (TPSA) is 26.3 Å². The van der Waals surface area contributed by atoms with Gasteiger partial charge in [-0.05, 0) is 28.6 Å². The van der Waals surface area contributed by atoms with Gasteiger partial charge in [0.1, 0.15) is 6.61 Å². The molecule has 0 amide bonds. The van der Waals surface area contributed by atoms with E-state index >= 15 is 0 Å². The number of ether oxygens (including phenoxy) is 1. The van der Waals surface area contributed by atoms with Gasteiger partial charge in [-0.3, -0.25) is 4.79 Å². The van der Waals surface area contributed by atoms with E-state index in [1.54, 1.807) is 0 Å². The minimum Gasteiger partial charge on any atom is -0.460 e. The second-order valence-electron chi connectivity index (χ2n) is 5.81. The van der Waals surface area contributed by atoms with Crippen molar-refractivity contribution in [2.24, 2.45) is 23.7 Å². The van der Waals surface area contributed by atoms with Gasteiger partial charge in [0, 0.05) is 0 Å². The van der Waals surface area contributed by atoms with Crippen LogP contribution in [0.2, 0.25) is 0 Å². The molecule has 1 aromatic carbocycles. The Labute approximate surface area is 123 Å². The van der Waals surface area contributed by atoms with Gasteiger partial charge in [0.2, 0.25) is 0 Å². The lowest BCUT2D eigenvalue weighted by atomic mass is 9.73. The van der Waals surface area contributed by atoms with Crippen molar-refractivity contribution in [2.75, 3.05) is 0 Å². The molecule has 0 heterocycles. The monoisotopic (exact) mass is 290 g/mol. The van der Waals surface area contributed by atoms with Gasteiger partial charge in [-0.15, -0.1) is 9.24 Å². The van der Waals surface area contributed by atoms with Crippen molar-refractivity contribution in [1.82, 2.24) is 0 Å². The minimum absolute atomic E-state index is 0.110. The molecule has 1 aliphatic carbocycles. The average molecular weight is 290 g/mol. The molecule has 0 aliphatic heterocycles. The van der Waals surface area contributed by atoms with Gasteiger partial charge in [-0.1, -0.05) is 57.2 Å². The molecule has 3 heteroatoms. The third kappa shape index (κ3) is 3.30. The van der Waals surface area contributed by atoms with Crippen molar-refractivity contribution < 1.29 is 9.53 Å². The first-order chi connectivity index (χ1) is 9.50. The molecule has 0 radical (unpaired) electrons. The summed E-state index contributed by atoms with van der Waals surface area (Å²) in [4.78, 5) is 12.4. The van der Waals surface area contributed by atoms with Crippen molar-refractivity contribution >= 4 is 15.2 Å². The standard InChI is InChI=1S/C17H23O2P/c1-11-9-15(20)16(13(3)12(11)2)17(18)19-10-14-7-5-4-6-8-14/h4-9,11-13,16H,10,20H2,1-3H3. The zero-order valence-electron chi connectivity index (χ0n) is 12.4. The summed E-state index contributed by atoms with van der Waals surface area (Å²) >= 11 is 0. The second kappa shape index (κ2) is 6.54. The third-order valence-corrected chi connectivity index (χ3v) is 5.03. The fraction of sp³-hybridized carbons (Fsp3) is 0.471. The number of hydrogen-bond acceptors (Lipinski definition) is 2. The second-order valence-corrected chi connectivity index (χ2v) is 6.48. The molecule has 108 valence electrons. The highest BCUT2D eigenvalue weighted by Gasteiger charge is 2.36. The summed E-state index contributed by atoms with van der Waals surface area (Å²) in [5.74, 6) is 1.08. The van der Waals surface area contributed by atoms with Gasteiger partial charge in [0.05, 0.1) is 5.92 Å². The number of allylic oxidation sites excluding steroid dienone is 1. The Balaban J connectivity index is 2.03. The van der Waals surface area contributed by atoms with E-state index < -0.39 is 0 Å². The molecule has 2 nitrogen and oxygen atoms in total. The van der Waals surface area contributed by atoms with Crippen LogP contribution in [0.1, 0.15) is 26.3 Å². The number of carbonyl (C=O) groups excluding carboxylic acids is 1. The Morgan fingerprint density at radius 2 is 1.80 bits per heavy atom. The Kier molecular flexibility index (Phi) is 4.99. The van der Waals surface area contributed by atoms with Crippen LogP contribution in [-0.4, -0.2) is 5.97 Å². The van der Waals surface area contributed by atoms with Gasteiger partial charge in [-0.25, -0.2) is 0 Å². The van der Waals surface area contributed by atoms with E-state index in [9.17, 15) is 4.79 Å². The van der Waals surface area contributed by atoms with Crippen LogP contribution in [0.15, 0.2) is 41.7 Å². The van der Waals surface area contributed by atoms with Gasteiger partial charge in [0.25, 0.3) is 0 Å². The minimum atomic E-state index is -0.130. The summed E-state index contributed by atoms with van der Waals surface area (Å²) < 4.78 is 5.50. The molecular formula is C17H23O2P. The van der Waals surface area contributed by atoms with Crippen molar-refractivity contribution in [3.63, 3.8) is 0 Å². The maximum Gasteiger partial charge on any atom is 0.314 e. The van der Waals surface area contributed by atoms with Crippen LogP contribution in [0.25, 0.3) is 0 Å². The maximum absolute atomic E-state index is 12.4. The molecule has 20 heavy (non-hydrogen) atoms. The third-order valence-electron chi connectivity index (χ3n) is 4.48. The zero-order valence-corrected chi connectivity index (χ0v) is 13.5. The molecule has 1 aromatic rings. The highest BCUT2D eigenvalue weighted by atomic mass is 31.0. The maximum atomic E-state index is 12.4. The van der Waals surface area contributed by atoms with E-state index in [4.69, 9.17) is 4.74 Å². The number of hydrogen-bond donors (Lipinski definition) is 0. The van der Waals surface area contributed by atoms with E-state index in [-0.39, 0.29) is 11.9 Å². The SMILES string of the molecule is CC1C=C(P)C(C(=O)OCc2ccccc2)C(C)C1C. The van der Waals surface area contributed by atoms with Crippen molar-refractivity contribution in [3.05, 3.63) is 47.3 Å². The molecule has 5 atom stereocenters.